The van der Waals surface area contributed by atoms with Gasteiger partial charge in [-0.1, -0.05) is 47.6 Å². The zero-order valence-corrected chi connectivity index (χ0v) is 23.9. The first kappa shape index (κ1) is 25.3. The third-order valence-corrected chi connectivity index (χ3v) is 13.8. The van der Waals surface area contributed by atoms with Crippen LogP contribution in [0.3, 0.4) is 0 Å². The van der Waals surface area contributed by atoms with E-state index in [-0.39, 0.29) is 57.0 Å². The Kier molecular flexibility index (Phi) is 4.90. The van der Waals surface area contributed by atoms with Crippen LogP contribution in [0.4, 0.5) is 0 Å². The second-order valence-electron chi connectivity index (χ2n) is 15.0. The molecule has 6 rings (SSSR count). The molecule has 4 saturated carbocycles. The van der Waals surface area contributed by atoms with Gasteiger partial charge in [0, 0.05) is 29.7 Å². The molecule has 0 aromatic carbocycles. The van der Waals surface area contributed by atoms with Crippen LogP contribution in [-0.2, 0) is 14.4 Å². The number of allylic oxidation sites excluding steroid dienone is 2. The Morgan fingerprint density at radius 2 is 1.68 bits per heavy atom. The molecule has 5 nitrogen and oxygen atoms in total. The smallest absolute Gasteiger partial charge is 0.230 e. The fourth-order valence-corrected chi connectivity index (χ4v) is 12.0. The summed E-state index contributed by atoms with van der Waals surface area (Å²) in [6.07, 6.45) is 9.01. The van der Waals surface area contributed by atoms with E-state index >= 15 is 0 Å². The van der Waals surface area contributed by atoms with Crippen molar-refractivity contribution in [3.05, 3.63) is 11.6 Å². The molecule has 0 radical (unpaired) electrons. The topological polar surface area (TPSA) is 78.2 Å². The Labute approximate surface area is 222 Å². The van der Waals surface area contributed by atoms with Crippen molar-refractivity contribution in [2.75, 3.05) is 6.54 Å². The zero-order chi connectivity index (χ0) is 27.0. The number of carbonyl (C=O) groups is 3. The van der Waals surface area contributed by atoms with Crippen LogP contribution in [0.15, 0.2) is 11.6 Å². The van der Waals surface area contributed by atoms with Gasteiger partial charge in [0.05, 0.1) is 11.0 Å². The molecule has 0 aromatic heterocycles. The molecule has 1 unspecified atom stereocenters. The Hall–Kier alpha value is -1.96. The number of fused-ring (bicyclic) bond motifs is 4. The molecular formula is C32H44N2O3. The van der Waals surface area contributed by atoms with Gasteiger partial charge in [-0.2, -0.15) is 5.26 Å². The molecule has 5 heteroatoms. The first-order valence-corrected chi connectivity index (χ1v) is 14.8. The molecule has 0 N–H and O–H groups in total. The number of likely N-dealkylation sites (tertiary alicyclic amines) is 1. The van der Waals surface area contributed by atoms with Crippen molar-refractivity contribution >= 4 is 17.5 Å². The quantitative estimate of drug-likeness (QED) is 0.447. The highest BCUT2D eigenvalue weighted by Gasteiger charge is 2.83. The molecule has 1 spiro atoms. The average molecular weight is 505 g/mol. The van der Waals surface area contributed by atoms with Gasteiger partial charge in [-0.25, -0.2) is 0 Å². The predicted octanol–water partition coefficient (Wildman–Crippen LogP) is 5.88. The third-order valence-electron chi connectivity index (χ3n) is 13.8. The number of Topliss-reactive ketones (excluding diaryl/α,β-unsaturated/α-hetero) is 2. The lowest BCUT2D eigenvalue weighted by molar-refractivity contribution is -0.231. The standard InChI is InChI=1S/C32H44N2O3/c1-8-34-26(37)31-12-9-19(2)15-23(31)32(34)24(35)16-22-28(5)17-20(18-33)25(36)27(3,4)21(28)10-11-29(22,6)30(32,7)13-14-31/h17,19,21-23H,8-16H2,1-7H3/t19-,21-,22+,23?,28-,29+,30-,31-,32+/m0/s1. The van der Waals surface area contributed by atoms with Gasteiger partial charge in [-0.3, -0.25) is 14.4 Å². The van der Waals surface area contributed by atoms with Crippen molar-refractivity contribution in [3.63, 3.8) is 0 Å². The number of nitrogens with zero attached hydrogens (tertiary/aromatic N) is 2. The Morgan fingerprint density at radius 3 is 2.32 bits per heavy atom. The van der Waals surface area contributed by atoms with Gasteiger partial charge in [0.1, 0.15) is 11.6 Å². The number of rotatable bonds is 1. The summed E-state index contributed by atoms with van der Waals surface area (Å²) in [6.45, 7) is 16.0. The van der Waals surface area contributed by atoms with E-state index < -0.39 is 16.4 Å². The van der Waals surface area contributed by atoms with Crippen LogP contribution in [0.2, 0.25) is 0 Å². The van der Waals surface area contributed by atoms with E-state index in [1.807, 2.05) is 19.9 Å². The van der Waals surface area contributed by atoms with Gasteiger partial charge in [0.2, 0.25) is 5.91 Å². The van der Waals surface area contributed by atoms with Crippen LogP contribution >= 0.6 is 0 Å². The molecule has 1 aliphatic heterocycles. The summed E-state index contributed by atoms with van der Waals surface area (Å²) in [7, 11) is 0. The maximum absolute atomic E-state index is 14.9. The Morgan fingerprint density at radius 1 is 0.973 bits per heavy atom. The van der Waals surface area contributed by atoms with Gasteiger partial charge in [-0.15, -0.1) is 0 Å². The first-order chi connectivity index (χ1) is 17.2. The molecular weight excluding hydrogens is 460 g/mol. The van der Waals surface area contributed by atoms with E-state index in [4.69, 9.17) is 0 Å². The summed E-state index contributed by atoms with van der Waals surface area (Å²) in [5, 5.41) is 9.93. The summed E-state index contributed by atoms with van der Waals surface area (Å²) in [6, 6.07) is 2.21. The van der Waals surface area contributed by atoms with Crippen LogP contribution < -0.4 is 0 Å². The zero-order valence-electron chi connectivity index (χ0n) is 23.9. The van der Waals surface area contributed by atoms with E-state index in [0.29, 0.717) is 18.9 Å². The molecule has 6 aliphatic rings. The lowest BCUT2D eigenvalue weighted by Gasteiger charge is -2.73. The molecule has 2 bridgehead atoms. The molecule has 1 heterocycles. The monoisotopic (exact) mass is 504 g/mol. The fraction of sp³-hybridized carbons (Fsp3) is 0.812. The average Bonchev–Trinajstić information content (AvgIpc) is 3.01. The number of hydrogen-bond acceptors (Lipinski definition) is 4. The summed E-state index contributed by atoms with van der Waals surface area (Å²) in [4.78, 5) is 44.6. The summed E-state index contributed by atoms with van der Waals surface area (Å²) < 4.78 is 0. The maximum atomic E-state index is 14.9. The minimum Gasteiger partial charge on any atom is -0.329 e. The van der Waals surface area contributed by atoms with E-state index in [0.717, 1.165) is 44.9 Å². The third kappa shape index (κ3) is 2.43. The highest BCUT2D eigenvalue weighted by molar-refractivity contribution is 6.05. The highest BCUT2D eigenvalue weighted by atomic mass is 16.2. The van der Waals surface area contributed by atoms with E-state index in [1.165, 1.54) is 0 Å². The molecule has 200 valence electrons. The van der Waals surface area contributed by atoms with Crippen molar-refractivity contribution in [1.82, 2.24) is 4.90 Å². The Bertz CT molecular complexity index is 1190. The van der Waals surface area contributed by atoms with Gasteiger partial charge < -0.3 is 4.90 Å². The second-order valence-corrected chi connectivity index (χ2v) is 15.0. The van der Waals surface area contributed by atoms with Gasteiger partial charge in [0.15, 0.2) is 11.6 Å². The molecule has 9 atom stereocenters. The van der Waals surface area contributed by atoms with Crippen LogP contribution in [-0.4, -0.2) is 34.5 Å². The van der Waals surface area contributed by atoms with Gasteiger partial charge in [0.25, 0.3) is 0 Å². The largest absolute Gasteiger partial charge is 0.329 e. The van der Waals surface area contributed by atoms with Crippen LogP contribution in [0.25, 0.3) is 0 Å². The van der Waals surface area contributed by atoms with Crippen molar-refractivity contribution in [2.24, 2.45) is 50.7 Å². The molecule has 5 aliphatic carbocycles. The van der Waals surface area contributed by atoms with Crippen molar-refractivity contribution in [3.8, 4) is 6.07 Å². The number of ketones is 2. The van der Waals surface area contributed by atoms with E-state index in [1.54, 1.807) is 0 Å². The molecule has 0 aromatic rings. The highest BCUT2D eigenvalue weighted by Crippen LogP contribution is 2.79. The minimum atomic E-state index is -0.734. The van der Waals surface area contributed by atoms with Gasteiger partial charge in [-0.05, 0) is 80.5 Å². The predicted molar refractivity (Wildman–Crippen MR) is 141 cm³/mol. The molecule has 1 saturated heterocycles. The number of likely N-dealkylation sites (N-methyl/N-ethyl adjacent to an activating group) is 1. The van der Waals surface area contributed by atoms with Gasteiger partial charge >= 0.3 is 0 Å². The van der Waals surface area contributed by atoms with Crippen LogP contribution in [0.5, 0.6) is 0 Å². The summed E-state index contributed by atoms with van der Waals surface area (Å²) in [5.74, 6) is 1.22. The van der Waals surface area contributed by atoms with Crippen molar-refractivity contribution < 1.29 is 14.4 Å². The van der Waals surface area contributed by atoms with Crippen molar-refractivity contribution in [2.45, 2.75) is 105 Å². The van der Waals surface area contributed by atoms with E-state index in [2.05, 4.69) is 45.6 Å². The van der Waals surface area contributed by atoms with E-state index in [9.17, 15) is 19.6 Å². The lowest BCUT2D eigenvalue weighted by Crippen LogP contribution is -2.77. The molecule has 5 fully saturated rings. The second kappa shape index (κ2) is 7.16. The van der Waals surface area contributed by atoms with Crippen LogP contribution in [0, 0.1) is 62.1 Å². The van der Waals surface area contributed by atoms with Crippen molar-refractivity contribution in [1.29, 1.82) is 5.26 Å². The lowest BCUT2D eigenvalue weighted by atomic mass is 9.30. The normalized spacial score (nSPS) is 51.9. The Balaban J connectivity index is 1.58. The minimum absolute atomic E-state index is 0.0422. The summed E-state index contributed by atoms with van der Waals surface area (Å²) >= 11 is 0. The number of nitriles is 1. The first-order valence-electron chi connectivity index (χ1n) is 14.8. The number of carbonyl (C=O) groups excluding carboxylic acids is 3. The molecule has 37 heavy (non-hydrogen) atoms. The maximum Gasteiger partial charge on any atom is 0.230 e. The SMILES string of the molecule is CCN1C(=O)[C@]23CC[C@H](C)CC2[C@]12C(=O)C[C@@H]1[C@@]4(C)C=C(C#N)C(=O)C(C)(C)[C@@H]4CC[C@@]1(C)[C@]2(C)CC3. The number of hydrogen-bond donors (Lipinski definition) is 0. The number of amides is 1. The van der Waals surface area contributed by atoms with Crippen LogP contribution in [0.1, 0.15) is 99.8 Å². The summed E-state index contributed by atoms with van der Waals surface area (Å²) in [5.41, 5.74) is -2.39. The molecule has 1 amide bonds. The fourth-order valence-electron chi connectivity index (χ4n) is 12.0.